The van der Waals surface area contributed by atoms with Crippen LogP contribution in [0.3, 0.4) is 0 Å². The molecule has 0 aliphatic rings. The van der Waals surface area contributed by atoms with Gasteiger partial charge in [-0.2, -0.15) is 5.10 Å². The molecular formula is C13H16FN3S. The number of H-pyrrole nitrogens is 1. The van der Waals surface area contributed by atoms with Crippen molar-refractivity contribution in [3.05, 3.63) is 34.4 Å². The second-order valence-electron chi connectivity index (χ2n) is 4.82. The van der Waals surface area contributed by atoms with Crippen LogP contribution in [0.5, 0.6) is 0 Å². The molecule has 0 spiro atoms. The molecule has 0 unspecified atom stereocenters. The molecule has 0 fully saturated rings. The molecule has 0 radical (unpaired) electrons. The zero-order valence-corrected chi connectivity index (χ0v) is 11.5. The van der Waals surface area contributed by atoms with Crippen LogP contribution in [0.25, 0.3) is 11.4 Å². The summed E-state index contributed by atoms with van der Waals surface area (Å²) in [7, 11) is 0. The molecular weight excluding hydrogens is 249 g/mol. The molecule has 1 N–H and O–H groups in total. The average molecular weight is 265 g/mol. The highest BCUT2D eigenvalue weighted by Gasteiger charge is 2.11. The number of aromatic nitrogens is 3. The van der Waals surface area contributed by atoms with Crippen LogP contribution in [0.4, 0.5) is 4.39 Å². The highest BCUT2D eigenvalue weighted by Crippen LogP contribution is 2.21. The van der Waals surface area contributed by atoms with Gasteiger partial charge in [0.15, 0.2) is 10.6 Å². The van der Waals surface area contributed by atoms with Crippen LogP contribution in [0.2, 0.25) is 0 Å². The molecule has 2 aromatic rings. The van der Waals surface area contributed by atoms with E-state index in [0.717, 1.165) is 12.1 Å². The Labute approximate surface area is 111 Å². The summed E-state index contributed by atoms with van der Waals surface area (Å²) in [4.78, 5) is 0. The summed E-state index contributed by atoms with van der Waals surface area (Å²) in [5.41, 5.74) is 1.37. The number of hydrogen-bond donors (Lipinski definition) is 1. The zero-order chi connectivity index (χ0) is 13.3. The number of aryl methyl sites for hydroxylation is 1. The van der Waals surface area contributed by atoms with E-state index in [1.54, 1.807) is 13.0 Å². The molecule has 1 heterocycles. The summed E-state index contributed by atoms with van der Waals surface area (Å²) in [6.45, 7) is 6.72. The molecule has 0 atom stereocenters. The Morgan fingerprint density at radius 2 is 2.17 bits per heavy atom. The minimum absolute atomic E-state index is 0.225. The fraction of sp³-hybridized carbons (Fsp3) is 0.385. The fourth-order valence-corrected chi connectivity index (χ4v) is 2.01. The van der Waals surface area contributed by atoms with Gasteiger partial charge in [0.2, 0.25) is 0 Å². The lowest BCUT2D eigenvalue weighted by molar-refractivity contribution is 0.521. The fourth-order valence-electron chi connectivity index (χ4n) is 1.80. The van der Waals surface area contributed by atoms with Gasteiger partial charge in [0.05, 0.1) is 0 Å². The van der Waals surface area contributed by atoms with Gasteiger partial charge >= 0.3 is 0 Å². The van der Waals surface area contributed by atoms with E-state index in [9.17, 15) is 4.39 Å². The summed E-state index contributed by atoms with van der Waals surface area (Å²) in [5.74, 6) is 0.911. The zero-order valence-electron chi connectivity index (χ0n) is 10.7. The van der Waals surface area contributed by atoms with E-state index < -0.39 is 0 Å². The number of nitrogens with zero attached hydrogens (tertiary/aromatic N) is 2. The molecule has 1 aromatic carbocycles. The van der Waals surface area contributed by atoms with E-state index in [0.29, 0.717) is 22.1 Å². The average Bonchev–Trinajstić information content (AvgIpc) is 2.64. The van der Waals surface area contributed by atoms with Crippen molar-refractivity contribution in [2.24, 2.45) is 5.92 Å². The first kappa shape index (κ1) is 13.0. The smallest absolute Gasteiger partial charge is 0.195 e. The summed E-state index contributed by atoms with van der Waals surface area (Å²) in [6.07, 6.45) is 0. The maximum absolute atomic E-state index is 13.6. The lowest BCUT2D eigenvalue weighted by Gasteiger charge is -2.09. The lowest BCUT2D eigenvalue weighted by Crippen LogP contribution is -2.06. The molecule has 0 saturated carbocycles. The Kier molecular flexibility index (Phi) is 3.61. The maximum Gasteiger partial charge on any atom is 0.195 e. The molecule has 18 heavy (non-hydrogen) atoms. The topological polar surface area (TPSA) is 33.6 Å². The van der Waals surface area contributed by atoms with Crippen LogP contribution < -0.4 is 0 Å². The van der Waals surface area contributed by atoms with Crippen molar-refractivity contribution in [1.82, 2.24) is 14.8 Å². The molecule has 1 aromatic heterocycles. The van der Waals surface area contributed by atoms with Crippen molar-refractivity contribution in [3.8, 4) is 11.4 Å². The number of aromatic amines is 1. The third-order valence-corrected chi connectivity index (χ3v) is 3.05. The van der Waals surface area contributed by atoms with Crippen LogP contribution in [0, 0.1) is 23.4 Å². The second kappa shape index (κ2) is 5.02. The highest BCUT2D eigenvalue weighted by atomic mass is 32.1. The Balaban J connectivity index is 2.50. The first-order chi connectivity index (χ1) is 8.49. The Morgan fingerprint density at radius 1 is 1.44 bits per heavy atom. The van der Waals surface area contributed by atoms with Crippen molar-refractivity contribution in [2.75, 3.05) is 0 Å². The number of hydrogen-bond acceptors (Lipinski definition) is 2. The van der Waals surface area contributed by atoms with E-state index in [1.807, 2.05) is 10.6 Å². The van der Waals surface area contributed by atoms with Gasteiger partial charge in [-0.25, -0.2) is 4.39 Å². The molecule has 0 aliphatic carbocycles. The monoisotopic (exact) mass is 265 g/mol. The highest BCUT2D eigenvalue weighted by molar-refractivity contribution is 7.71. The van der Waals surface area contributed by atoms with Gasteiger partial charge in [-0.15, -0.1) is 0 Å². The summed E-state index contributed by atoms with van der Waals surface area (Å²) < 4.78 is 16.1. The van der Waals surface area contributed by atoms with Crippen molar-refractivity contribution < 1.29 is 4.39 Å². The third kappa shape index (κ3) is 2.51. The van der Waals surface area contributed by atoms with Crippen molar-refractivity contribution in [3.63, 3.8) is 0 Å². The molecule has 3 nitrogen and oxygen atoms in total. The maximum atomic E-state index is 13.6. The number of halogens is 1. The van der Waals surface area contributed by atoms with Gasteiger partial charge in [-0.1, -0.05) is 26.0 Å². The minimum atomic E-state index is -0.225. The standard InChI is InChI=1S/C13H16FN3S/c1-8(2)7-17-12(15-16-13(17)18)10-5-4-9(3)11(14)6-10/h4-6,8H,7H2,1-3H3,(H,16,18). The van der Waals surface area contributed by atoms with E-state index in [-0.39, 0.29) is 5.82 Å². The molecule has 0 bridgehead atoms. The quantitative estimate of drug-likeness (QED) is 0.858. The molecule has 2 rings (SSSR count). The predicted molar refractivity (Wildman–Crippen MR) is 72.4 cm³/mol. The van der Waals surface area contributed by atoms with Crippen LogP contribution in [-0.2, 0) is 6.54 Å². The van der Waals surface area contributed by atoms with E-state index in [4.69, 9.17) is 12.2 Å². The molecule has 0 saturated heterocycles. The SMILES string of the molecule is Cc1ccc(-c2n[nH]c(=S)n2CC(C)C)cc1F. The second-order valence-corrected chi connectivity index (χ2v) is 5.21. The number of rotatable bonds is 3. The van der Waals surface area contributed by atoms with Crippen molar-refractivity contribution >= 4 is 12.2 Å². The van der Waals surface area contributed by atoms with Crippen LogP contribution >= 0.6 is 12.2 Å². The Hall–Kier alpha value is -1.49. The van der Waals surface area contributed by atoms with Gasteiger partial charge in [0, 0.05) is 12.1 Å². The number of nitrogens with one attached hydrogen (secondary N) is 1. The molecule has 5 heteroatoms. The summed E-state index contributed by atoms with van der Waals surface area (Å²) >= 11 is 5.20. The first-order valence-corrected chi connectivity index (χ1v) is 6.31. The van der Waals surface area contributed by atoms with E-state index >= 15 is 0 Å². The summed E-state index contributed by atoms with van der Waals surface area (Å²) in [5, 5.41) is 6.96. The normalized spacial score (nSPS) is 11.2. The molecule has 0 amide bonds. The Morgan fingerprint density at radius 3 is 2.78 bits per heavy atom. The summed E-state index contributed by atoms with van der Waals surface area (Å²) in [6, 6.07) is 5.11. The lowest BCUT2D eigenvalue weighted by atomic mass is 10.1. The third-order valence-electron chi connectivity index (χ3n) is 2.74. The minimum Gasteiger partial charge on any atom is -0.300 e. The van der Waals surface area contributed by atoms with Gasteiger partial charge < -0.3 is 0 Å². The number of benzene rings is 1. The van der Waals surface area contributed by atoms with Crippen LogP contribution in [0.15, 0.2) is 18.2 Å². The predicted octanol–water partition coefficient (Wildman–Crippen LogP) is 3.71. The largest absolute Gasteiger partial charge is 0.300 e. The van der Waals surface area contributed by atoms with Gasteiger partial charge in [0.25, 0.3) is 0 Å². The van der Waals surface area contributed by atoms with Crippen molar-refractivity contribution in [1.29, 1.82) is 0 Å². The van der Waals surface area contributed by atoms with Crippen LogP contribution in [0.1, 0.15) is 19.4 Å². The van der Waals surface area contributed by atoms with E-state index in [2.05, 4.69) is 24.0 Å². The van der Waals surface area contributed by atoms with Gasteiger partial charge in [-0.05, 0) is 36.7 Å². The first-order valence-electron chi connectivity index (χ1n) is 5.90. The van der Waals surface area contributed by atoms with Crippen LogP contribution in [-0.4, -0.2) is 14.8 Å². The van der Waals surface area contributed by atoms with Crippen molar-refractivity contribution in [2.45, 2.75) is 27.3 Å². The molecule has 96 valence electrons. The Bertz CT molecular complexity index is 613. The van der Waals surface area contributed by atoms with E-state index in [1.165, 1.54) is 6.07 Å². The van der Waals surface area contributed by atoms with Gasteiger partial charge in [-0.3, -0.25) is 9.67 Å². The molecule has 0 aliphatic heterocycles. The van der Waals surface area contributed by atoms with Gasteiger partial charge in [0.1, 0.15) is 5.82 Å².